The molecule has 0 amide bonds. The van der Waals surface area contributed by atoms with Gasteiger partial charge in [0.15, 0.2) is 0 Å². The lowest BCUT2D eigenvalue weighted by molar-refractivity contribution is 0.595. The maximum Gasteiger partial charge on any atom is 0.0552 e. The molecule has 2 nitrogen and oxygen atoms in total. The van der Waals surface area contributed by atoms with Gasteiger partial charge in [-0.3, -0.25) is 0 Å². The third-order valence-electron chi connectivity index (χ3n) is 2.46. The van der Waals surface area contributed by atoms with Crippen molar-refractivity contribution in [3.63, 3.8) is 0 Å². The van der Waals surface area contributed by atoms with Gasteiger partial charge in [0.1, 0.15) is 0 Å². The summed E-state index contributed by atoms with van der Waals surface area (Å²) >= 11 is 1.55. The molecule has 2 rings (SSSR count). The summed E-state index contributed by atoms with van der Waals surface area (Å²) in [5.74, 6) is 0.542. The predicted octanol–water partition coefficient (Wildman–Crippen LogP) is 2.43. The van der Waals surface area contributed by atoms with Crippen molar-refractivity contribution < 1.29 is 0 Å². The number of aromatic nitrogens is 1. The van der Waals surface area contributed by atoms with Gasteiger partial charge in [-0.15, -0.1) is 0 Å². The van der Waals surface area contributed by atoms with E-state index in [2.05, 4.69) is 29.5 Å². The van der Waals surface area contributed by atoms with Gasteiger partial charge in [0, 0.05) is 11.6 Å². The monoisotopic (exact) mass is 206 g/mol. The van der Waals surface area contributed by atoms with Crippen molar-refractivity contribution in [3.8, 4) is 0 Å². The lowest BCUT2D eigenvalue weighted by Gasteiger charge is -2.08. The molecule has 0 aliphatic rings. The zero-order valence-electron chi connectivity index (χ0n) is 8.23. The number of hydrogen-bond donors (Lipinski definition) is 1. The van der Waals surface area contributed by atoms with Crippen LogP contribution in [0, 0.1) is 5.92 Å². The summed E-state index contributed by atoms with van der Waals surface area (Å²) in [6.45, 7) is 2.92. The minimum atomic E-state index is 0.542. The summed E-state index contributed by atoms with van der Waals surface area (Å²) in [6, 6.07) is 6.38. The van der Waals surface area contributed by atoms with Gasteiger partial charge < -0.3 is 5.73 Å². The summed E-state index contributed by atoms with van der Waals surface area (Å²) < 4.78 is 5.48. The van der Waals surface area contributed by atoms with Crippen molar-refractivity contribution in [3.05, 3.63) is 30.0 Å². The number of benzene rings is 1. The molecule has 2 N–H and O–H groups in total. The van der Waals surface area contributed by atoms with Crippen LogP contribution in [-0.4, -0.2) is 10.9 Å². The molecule has 1 heterocycles. The average molecular weight is 206 g/mol. The summed E-state index contributed by atoms with van der Waals surface area (Å²) in [4.78, 5) is 0. The highest BCUT2D eigenvalue weighted by Crippen LogP contribution is 2.23. The smallest absolute Gasteiger partial charge is 0.0552 e. The molecule has 0 fully saturated rings. The second-order valence-corrected chi connectivity index (χ2v) is 4.53. The molecule has 1 unspecified atom stereocenters. The fraction of sp³-hybridized carbons (Fsp3) is 0.364. The van der Waals surface area contributed by atoms with Crippen molar-refractivity contribution in [1.29, 1.82) is 0 Å². The second kappa shape index (κ2) is 4.07. The molecule has 0 aliphatic heterocycles. The molecule has 0 bridgehead atoms. The first-order valence-corrected chi connectivity index (χ1v) is 5.61. The van der Waals surface area contributed by atoms with E-state index in [-0.39, 0.29) is 0 Å². The zero-order valence-corrected chi connectivity index (χ0v) is 9.05. The lowest BCUT2D eigenvalue weighted by atomic mass is 9.99. The zero-order chi connectivity index (χ0) is 9.97. The van der Waals surface area contributed by atoms with E-state index in [4.69, 9.17) is 5.73 Å². The molecule has 0 aliphatic carbocycles. The SMILES string of the molecule is CC(CN)Cc1cccc2sncc12. The molecule has 0 spiro atoms. The quantitative estimate of drug-likeness (QED) is 0.837. The van der Waals surface area contributed by atoms with Crippen LogP contribution in [0.15, 0.2) is 24.4 Å². The van der Waals surface area contributed by atoms with Crippen molar-refractivity contribution in [2.45, 2.75) is 13.3 Å². The second-order valence-electron chi connectivity index (χ2n) is 3.70. The lowest BCUT2D eigenvalue weighted by Crippen LogP contribution is -2.13. The normalized spacial score (nSPS) is 13.3. The van der Waals surface area contributed by atoms with Crippen molar-refractivity contribution in [2.24, 2.45) is 11.7 Å². The largest absolute Gasteiger partial charge is 0.330 e. The number of nitrogens with two attached hydrogens (primary N) is 1. The molecule has 2 aromatic rings. The molecule has 1 aromatic heterocycles. The number of nitrogens with zero attached hydrogens (tertiary/aromatic N) is 1. The Bertz CT molecular complexity index is 422. The van der Waals surface area contributed by atoms with Crippen LogP contribution in [0.5, 0.6) is 0 Å². The van der Waals surface area contributed by atoms with E-state index in [0.717, 1.165) is 13.0 Å². The van der Waals surface area contributed by atoms with Crippen LogP contribution < -0.4 is 5.73 Å². The Hall–Kier alpha value is -0.930. The molecule has 0 radical (unpaired) electrons. The Morgan fingerprint density at radius 1 is 1.50 bits per heavy atom. The maximum absolute atomic E-state index is 5.63. The summed E-state index contributed by atoms with van der Waals surface area (Å²) in [6.07, 6.45) is 3.00. The van der Waals surface area contributed by atoms with E-state index >= 15 is 0 Å². The third-order valence-corrected chi connectivity index (χ3v) is 3.22. The Morgan fingerprint density at radius 2 is 2.36 bits per heavy atom. The molecular weight excluding hydrogens is 192 g/mol. The van der Waals surface area contributed by atoms with Gasteiger partial charge in [-0.25, -0.2) is 0 Å². The molecule has 0 saturated carbocycles. The minimum absolute atomic E-state index is 0.542. The van der Waals surface area contributed by atoms with E-state index < -0.39 is 0 Å². The van der Waals surface area contributed by atoms with Crippen molar-refractivity contribution in [2.75, 3.05) is 6.54 Å². The first kappa shape index (κ1) is 9.62. The van der Waals surface area contributed by atoms with Gasteiger partial charge in [0.05, 0.1) is 4.70 Å². The van der Waals surface area contributed by atoms with E-state index in [1.54, 1.807) is 11.5 Å². The summed E-state index contributed by atoms with van der Waals surface area (Å²) in [5, 5.41) is 1.29. The van der Waals surface area contributed by atoms with Crippen LogP contribution in [0.25, 0.3) is 10.1 Å². The standard InChI is InChI=1S/C11H14N2S/c1-8(6-12)5-9-3-2-4-11-10(9)7-13-14-11/h2-4,7-8H,5-6,12H2,1H3. The van der Waals surface area contributed by atoms with Crippen LogP contribution in [0.3, 0.4) is 0 Å². The van der Waals surface area contributed by atoms with E-state index in [9.17, 15) is 0 Å². The molecule has 1 aromatic carbocycles. The predicted molar refractivity (Wildman–Crippen MR) is 61.5 cm³/mol. The fourth-order valence-corrected chi connectivity index (χ4v) is 2.28. The summed E-state index contributed by atoms with van der Waals surface area (Å²) in [5.41, 5.74) is 7.00. The number of hydrogen-bond acceptors (Lipinski definition) is 3. The van der Waals surface area contributed by atoms with E-state index in [0.29, 0.717) is 5.92 Å². The van der Waals surface area contributed by atoms with Crippen molar-refractivity contribution >= 4 is 21.6 Å². The van der Waals surface area contributed by atoms with Gasteiger partial charge in [-0.2, -0.15) is 4.37 Å². The van der Waals surface area contributed by atoms with Crippen LogP contribution in [0.2, 0.25) is 0 Å². The van der Waals surface area contributed by atoms with Crippen LogP contribution >= 0.6 is 11.5 Å². The molecule has 74 valence electrons. The Labute approximate surface area is 87.9 Å². The molecule has 0 saturated heterocycles. The Morgan fingerprint density at radius 3 is 3.14 bits per heavy atom. The Balaban J connectivity index is 2.36. The number of rotatable bonds is 3. The van der Waals surface area contributed by atoms with Crippen LogP contribution in [0.4, 0.5) is 0 Å². The molecule has 3 heteroatoms. The first-order chi connectivity index (χ1) is 6.81. The summed E-state index contributed by atoms with van der Waals surface area (Å²) in [7, 11) is 0. The van der Waals surface area contributed by atoms with Gasteiger partial charge in [0.2, 0.25) is 0 Å². The number of fused-ring (bicyclic) bond motifs is 1. The van der Waals surface area contributed by atoms with Gasteiger partial charge in [0.25, 0.3) is 0 Å². The van der Waals surface area contributed by atoms with Gasteiger partial charge in [-0.05, 0) is 42.0 Å². The highest BCUT2D eigenvalue weighted by molar-refractivity contribution is 7.13. The van der Waals surface area contributed by atoms with E-state index in [1.165, 1.54) is 15.6 Å². The third kappa shape index (κ3) is 1.79. The fourth-order valence-electron chi connectivity index (χ4n) is 1.59. The Kier molecular flexibility index (Phi) is 2.79. The van der Waals surface area contributed by atoms with Gasteiger partial charge in [-0.1, -0.05) is 19.1 Å². The van der Waals surface area contributed by atoms with Crippen molar-refractivity contribution in [1.82, 2.24) is 4.37 Å². The highest BCUT2D eigenvalue weighted by atomic mass is 32.1. The van der Waals surface area contributed by atoms with Crippen LogP contribution in [0.1, 0.15) is 12.5 Å². The topological polar surface area (TPSA) is 38.9 Å². The van der Waals surface area contributed by atoms with E-state index in [1.807, 2.05) is 6.20 Å². The maximum atomic E-state index is 5.63. The van der Waals surface area contributed by atoms with Crippen LogP contribution in [-0.2, 0) is 6.42 Å². The molecule has 1 atom stereocenters. The molecule has 14 heavy (non-hydrogen) atoms. The highest BCUT2D eigenvalue weighted by Gasteiger charge is 2.06. The van der Waals surface area contributed by atoms with Gasteiger partial charge >= 0.3 is 0 Å². The molecular formula is C11H14N2S. The average Bonchev–Trinajstić information content (AvgIpc) is 2.66. The minimum Gasteiger partial charge on any atom is -0.330 e. The first-order valence-electron chi connectivity index (χ1n) is 4.83.